The van der Waals surface area contributed by atoms with Crippen LogP contribution in [-0.2, 0) is 0 Å². The topological polar surface area (TPSA) is 42.9 Å². The van der Waals surface area contributed by atoms with Crippen LogP contribution < -0.4 is 10.6 Å². The smallest absolute Gasteiger partial charge is 0.240 e. The van der Waals surface area contributed by atoms with Gasteiger partial charge in [0.1, 0.15) is 0 Å². The average Bonchev–Trinajstić information content (AvgIpc) is 2.61. The Morgan fingerprint density at radius 3 is 2.25 bits per heavy atom. The van der Waals surface area contributed by atoms with Crippen LogP contribution in [0.1, 0.15) is 40.5 Å². The first-order valence-corrected chi connectivity index (χ1v) is 10.1. The SMILES string of the molecule is CN1C(C)(C)CC(NC2(Cl)C(F)=CN=C(Nc3ccccc3)N2Cl)CC1(C)C. The van der Waals surface area contributed by atoms with Crippen LogP contribution in [0.25, 0.3) is 0 Å². The van der Waals surface area contributed by atoms with Gasteiger partial charge in [-0.15, -0.1) is 0 Å². The molecule has 8 heteroatoms. The first-order chi connectivity index (χ1) is 13.0. The van der Waals surface area contributed by atoms with E-state index in [1.807, 2.05) is 30.3 Å². The number of anilines is 1. The van der Waals surface area contributed by atoms with E-state index in [-0.39, 0.29) is 23.1 Å². The minimum Gasteiger partial charge on any atom is -0.325 e. The van der Waals surface area contributed by atoms with Crippen molar-refractivity contribution < 1.29 is 4.39 Å². The summed E-state index contributed by atoms with van der Waals surface area (Å²) in [6.45, 7) is 8.72. The maximum atomic E-state index is 14.8. The number of para-hydroxylation sites is 1. The zero-order valence-electron chi connectivity index (χ0n) is 16.9. The highest BCUT2D eigenvalue weighted by Gasteiger charge is 2.49. The fraction of sp³-hybridized carbons (Fsp3) is 0.550. The van der Waals surface area contributed by atoms with Gasteiger partial charge >= 0.3 is 0 Å². The third-order valence-corrected chi connectivity index (χ3v) is 6.77. The van der Waals surface area contributed by atoms with E-state index < -0.39 is 10.9 Å². The van der Waals surface area contributed by atoms with Crippen LogP contribution in [0, 0.1) is 0 Å². The molecule has 0 radical (unpaired) electrons. The highest BCUT2D eigenvalue weighted by molar-refractivity contribution is 6.34. The number of hydrogen-bond acceptors (Lipinski definition) is 5. The van der Waals surface area contributed by atoms with Gasteiger partial charge in [0.05, 0.1) is 6.20 Å². The van der Waals surface area contributed by atoms with Crippen LogP contribution in [0.2, 0.25) is 0 Å². The lowest BCUT2D eigenvalue weighted by Crippen LogP contribution is -2.66. The Hall–Kier alpha value is -1.34. The summed E-state index contributed by atoms with van der Waals surface area (Å²) in [5.41, 5.74) is 0.638. The van der Waals surface area contributed by atoms with Gasteiger partial charge in [0.25, 0.3) is 0 Å². The van der Waals surface area contributed by atoms with E-state index in [0.29, 0.717) is 0 Å². The maximum absolute atomic E-state index is 14.8. The quantitative estimate of drug-likeness (QED) is 0.410. The lowest BCUT2D eigenvalue weighted by atomic mass is 9.77. The van der Waals surface area contributed by atoms with Gasteiger partial charge < -0.3 is 5.32 Å². The van der Waals surface area contributed by atoms with Crippen molar-refractivity contribution in [2.45, 2.75) is 62.8 Å². The van der Waals surface area contributed by atoms with Crippen molar-refractivity contribution >= 4 is 35.0 Å². The van der Waals surface area contributed by atoms with Gasteiger partial charge in [-0.25, -0.2) is 13.8 Å². The molecule has 0 aliphatic carbocycles. The van der Waals surface area contributed by atoms with Crippen LogP contribution >= 0.6 is 23.4 Å². The normalized spacial score (nSPS) is 27.9. The molecule has 2 aliphatic rings. The summed E-state index contributed by atoms with van der Waals surface area (Å²) in [6.07, 6.45) is 2.71. The largest absolute Gasteiger partial charge is 0.325 e. The van der Waals surface area contributed by atoms with E-state index in [0.717, 1.165) is 29.1 Å². The highest BCUT2D eigenvalue weighted by atomic mass is 35.5. The molecular weight excluding hydrogens is 400 g/mol. The molecule has 0 aromatic heterocycles. The Morgan fingerprint density at radius 2 is 1.68 bits per heavy atom. The van der Waals surface area contributed by atoms with Crippen LogP contribution in [0.5, 0.6) is 0 Å². The third kappa shape index (κ3) is 4.01. The van der Waals surface area contributed by atoms with Crippen LogP contribution in [0.4, 0.5) is 10.1 Å². The molecule has 1 saturated heterocycles. The summed E-state index contributed by atoms with van der Waals surface area (Å²) in [5, 5.41) is 4.62. The number of piperidine rings is 1. The van der Waals surface area contributed by atoms with E-state index in [1.165, 1.54) is 0 Å². The molecule has 154 valence electrons. The first-order valence-electron chi connectivity index (χ1n) is 9.38. The number of guanidine groups is 1. The molecule has 0 bridgehead atoms. The zero-order valence-corrected chi connectivity index (χ0v) is 18.4. The number of nitrogens with one attached hydrogen (secondary N) is 2. The molecule has 0 spiro atoms. The predicted molar refractivity (Wildman–Crippen MR) is 115 cm³/mol. The van der Waals surface area contributed by atoms with Gasteiger partial charge in [-0.2, -0.15) is 0 Å². The predicted octanol–water partition coefficient (Wildman–Crippen LogP) is 4.87. The number of halogens is 3. The number of rotatable bonds is 3. The highest BCUT2D eigenvalue weighted by Crippen LogP contribution is 2.40. The lowest BCUT2D eigenvalue weighted by Gasteiger charge is -2.55. The molecule has 2 heterocycles. The number of alkyl halides is 1. The maximum Gasteiger partial charge on any atom is 0.240 e. The number of likely N-dealkylation sites (tertiary alicyclic amines) is 1. The second-order valence-corrected chi connectivity index (χ2v) is 9.64. The molecule has 1 fully saturated rings. The second-order valence-electron chi connectivity index (χ2n) is 8.76. The van der Waals surface area contributed by atoms with E-state index in [4.69, 9.17) is 23.4 Å². The number of hydrogen-bond donors (Lipinski definition) is 2. The summed E-state index contributed by atoms with van der Waals surface area (Å²) in [4.78, 5) is 6.43. The number of aliphatic imine (C=N–C) groups is 1. The molecular formula is C20H28Cl2FN5. The average molecular weight is 428 g/mol. The molecule has 1 unspecified atom stereocenters. The van der Waals surface area contributed by atoms with Crippen molar-refractivity contribution in [3.05, 3.63) is 42.4 Å². The molecule has 28 heavy (non-hydrogen) atoms. The molecule has 1 aromatic carbocycles. The van der Waals surface area contributed by atoms with Crippen molar-refractivity contribution in [2.75, 3.05) is 12.4 Å². The van der Waals surface area contributed by atoms with E-state index in [2.05, 4.69) is 55.3 Å². The van der Waals surface area contributed by atoms with E-state index >= 15 is 0 Å². The zero-order chi connectivity index (χ0) is 20.7. The van der Waals surface area contributed by atoms with Gasteiger partial charge in [0, 0.05) is 34.6 Å². The number of benzene rings is 1. The minimum atomic E-state index is -1.72. The molecule has 2 N–H and O–H groups in total. The lowest BCUT2D eigenvalue weighted by molar-refractivity contribution is -0.0230. The monoisotopic (exact) mass is 427 g/mol. The van der Waals surface area contributed by atoms with Gasteiger partial charge in [-0.1, -0.05) is 29.8 Å². The van der Waals surface area contributed by atoms with Crippen molar-refractivity contribution in [1.29, 1.82) is 0 Å². The van der Waals surface area contributed by atoms with Crippen LogP contribution in [0.3, 0.4) is 0 Å². The van der Waals surface area contributed by atoms with E-state index in [1.54, 1.807) is 0 Å². The van der Waals surface area contributed by atoms with Gasteiger partial charge in [0.15, 0.2) is 5.83 Å². The summed E-state index contributed by atoms with van der Waals surface area (Å²) >= 11 is 13.2. The Kier molecular flexibility index (Phi) is 5.71. The first kappa shape index (κ1) is 21.4. The Bertz CT molecular complexity index is 762. The van der Waals surface area contributed by atoms with Crippen molar-refractivity contribution in [1.82, 2.24) is 14.6 Å². The summed E-state index contributed by atoms with van der Waals surface area (Å²) in [7, 11) is 2.12. The van der Waals surface area contributed by atoms with Crippen molar-refractivity contribution in [2.24, 2.45) is 4.99 Å². The third-order valence-electron chi connectivity index (χ3n) is 5.81. The summed E-state index contributed by atoms with van der Waals surface area (Å²) < 4.78 is 15.9. The standard InChI is InChI=1S/C20H28Cl2FN5/c1-18(2)11-15(12-19(3,4)27(18)5)26-20(21)16(23)13-24-17(28(20)22)25-14-9-7-6-8-10-14/h6-10,13,15,26H,11-12H2,1-5H3,(H,24,25). The Morgan fingerprint density at radius 1 is 1.11 bits per heavy atom. The van der Waals surface area contributed by atoms with Gasteiger partial charge in [-0.05, 0) is 59.7 Å². The molecule has 1 aromatic rings. The summed E-state index contributed by atoms with van der Waals surface area (Å²) in [5.74, 6) is -0.388. The van der Waals surface area contributed by atoms with Gasteiger partial charge in [-0.3, -0.25) is 10.2 Å². The van der Waals surface area contributed by atoms with Crippen LogP contribution in [-0.4, -0.2) is 44.6 Å². The van der Waals surface area contributed by atoms with Crippen molar-refractivity contribution in [3.63, 3.8) is 0 Å². The Balaban J connectivity index is 1.81. The van der Waals surface area contributed by atoms with Crippen LogP contribution in [0.15, 0.2) is 47.4 Å². The molecule has 5 nitrogen and oxygen atoms in total. The fourth-order valence-corrected chi connectivity index (χ4v) is 4.59. The van der Waals surface area contributed by atoms with Gasteiger partial charge in [0.2, 0.25) is 11.1 Å². The molecule has 1 atom stereocenters. The van der Waals surface area contributed by atoms with E-state index in [9.17, 15) is 4.39 Å². The minimum absolute atomic E-state index is 0.0322. The molecule has 3 rings (SSSR count). The molecule has 0 amide bonds. The number of nitrogens with zero attached hydrogens (tertiary/aromatic N) is 3. The van der Waals surface area contributed by atoms with Crippen molar-refractivity contribution in [3.8, 4) is 0 Å². The Labute approximate surface area is 176 Å². The summed E-state index contributed by atoms with van der Waals surface area (Å²) in [6, 6.07) is 9.38. The molecule has 2 aliphatic heterocycles. The molecule has 0 saturated carbocycles. The fourth-order valence-electron chi connectivity index (χ4n) is 4.10. The second kappa shape index (κ2) is 7.48.